The molecule has 0 radical (unpaired) electrons. The van der Waals surface area contributed by atoms with E-state index < -0.39 is 0 Å². The van der Waals surface area contributed by atoms with Crippen LogP contribution in [0.4, 0.5) is 0 Å². The van der Waals surface area contributed by atoms with Gasteiger partial charge in [-0.2, -0.15) is 0 Å². The number of halogens is 1. The number of fused-ring (bicyclic) bond motifs is 10. The molecule has 0 bridgehead atoms. The Morgan fingerprint density at radius 1 is 0.742 bits per heavy atom. The molecule has 0 amide bonds. The molecule has 1 aliphatic heterocycles. The summed E-state index contributed by atoms with van der Waals surface area (Å²) < 4.78 is 6.50. The molecule has 0 N–H and O–H groups in total. The second kappa shape index (κ2) is 6.12. The number of benzene rings is 4. The van der Waals surface area contributed by atoms with E-state index in [1.807, 2.05) is 0 Å². The van der Waals surface area contributed by atoms with E-state index in [9.17, 15) is 0 Å². The Morgan fingerprint density at radius 2 is 1.48 bits per heavy atom. The first-order valence-electron chi connectivity index (χ1n) is 10.7. The van der Waals surface area contributed by atoms with E-state index in [4.69, 9.17) is 16.3 Å². The highest BCUT2D eigenvalue weighted by molar-refractivity contribution is 6.39. The van der Waals surface area contributed by atoms with Crippen LogP contribution < -0.4 is 4.74 Å². The van der Waals surface area contributed by atoms with Gasteiger partial charge in [-0.25, -0.2) is 0 Å². The van der Waals surface area contributed by atoms with E-state index in [-0.39, 0.29) is 17.4 Å². The molecule has 4 aromatic carbocycles. The summed E-state index contributed by atoms with van der Waals surface area (Å²) >= 11 is 7.16. The van der Waals surface area contributed by atoms with Gasteiger partial charge in [0.05, 0.1) is 10.4 Å². The van der Waals surface area contributed by atoms with Gasteiger partial charge in [0.2, 0.25) is 0 Å². The van der Waals surface area contributed by atoms with Crippen LogP contribution in [0, 0.1) is 5.92 Å². The van der Waals surface area contributed by atoms with Gasteiger partial charge in [0.1, 0.15) is 11.9 Å². The van der Waals surface area contributed by atoms with E-state index in [0.717, 1.165) is 21.7 Å². The average molecular weight is 419 g/mol. The molecule has 1 heterocycles. The predicted molar refractivity (Wildman–Crippen MR) is 127 cm³/mol. The van der Waals surface area contributed by atoms with E-state index in [1.165, 1.54) is 27.6 Å². The lowest BCUT2D eigenvalue weighted by Crippen LogP contribution is -2.47. The Bertz CT molecular complexity index is 1450. The summed E-state index contributed by atoms with van der Waals surface area (Å²) in [6, 6.07) is 28.1. The molecule has 148 valence electrons. The molecule has 4 aromatic rings. The molecule has 1 spiro atoms. The fraction of sp³-hybridized carbons (Fsp3) is 0.103. The summed E-state index contributed by atoms with van der Waals surface area (Å²) in [4.78, 5) is 0. The van der Waals surface area contributed by atoms with Crippen LogP contribution in [0.3, 0.4) is 0 Å². The summed E-state index contributed by atoms with van der Waals surface area (Å²) in [6.45, 7) is 0. The van der Waals surface area contributed by atoms with E-state index in [2.05, 4.69) is 103 Å². The molecule has 7 rings (SSSR count). The van der Waals surface area contributed by atoms with Crippen LogP contribution in [0.5, 0.6) is 5.75 Å². The minimum Gasteiger partial charge on any atom is -0.485 e. The number of hydrogen-bond acceptors (Lipinski definition) is 1. The molecule has 31 heavy (non-hydrogen) atoms. The topological polar surface area (TPSA) is 9.23 Å². The fourth-order valence-electron chi connectivity index (χ4n) is 6.03. The molecule has 0 aromatic heterocycles. The van der Waals surface area contributed by atoms with Crippen molar-refractivity contribution >= 4 is 22.4 Å². The maximum atomic E-state index is 7.16. The first-order valence-corrected chi connectivity index (χ1v) is 11.1. The third-order valence-corrected chi connectivity index (χ3v) is 7.58. The van der Waals surface area contributed by atoms with Crippen LogP contribution in [-0.4, -0.2) is 6.10 Å². The maximum Gasteiger partial charge on any atom is 0.125 e. The van der Waals surface area contributed by atoms with Gasteiger partial charge in [0.25, 0.3) is 0 Å². The summed E-state index contributed by atoms with van der Waals surface area (Å²) in [5, 5.41) is 3.12. The molecule has 3 atom stereocenters. The van der Waals surface area contributed by atoms with Crippen LogP contribution >= 0.6 is 11.6 Å². The first kappa shape index (κ1) is 17.4. The summed E-state index contributed by atoms with van der Waals surface area (Å²) in [5.74, 6) is 1.10. The number of ether oxygens (including phenoxy) is 1. The Kier molecular flexibility index (Phi) is 3.43. The Labute approximate surface area is 186 Å². The highest BCUT2D eigenvalue weighted by Gasteiger charge is 2.56. The monoisotopic (exact) mass is 418 g/mol. The molecular formula is C29H19ClO. The SMILES string of the molecule is Clc1c2c(cc3ccccc13)C1(c3ccccc3OC3C=CC=CC31)c1ccccc1-2. The van der Waals surface area contributed by atoms with Crippen LogP contribution in [0.25, 0.3) is 21.9 Å². The van der Waals surface area contributed by atoms with Crippen LogP contribution in [0.2, 0.25) is 5.02 Å². The van der Waals surface area contributed by atoms with Crippen molar-refractivity contribution in [2.24, 2.45) is 5.92 Å². The van der Waals surface area contributed by atoms with Gasteiger partial charge in [0.15, 0.2) is 0 Å². The zero-order valence-electron chi connectivity index (χ0n) is 16.8. The third-order valence-electron chi connectivity index (χ3n) is 7.19. The molecule has 0 fully saturated rings. The van der Waals surface area contributed by atoms with E-state index in [1.54, 1.807) is 0 Å². The molecule has 3 aliphatic rings. The zero-order chi connectivity index (χ0) is 20.6. The lowest BCUT2D eigenvalue weighted by atomic mass is 9.60. The minimum atomic E-state index is -0.347. The van der Waals surface area contributed by atoms with Crippen molar-refractivity contribution in [2.75, 3.05) is 0 Å². The minimum absolute atomic E-state index is 0.0239. The molecule has 0 saturated carbocycles. The van der Waals surface area contributed by atoms with Crippen molar-refractivity contribution in [3.05, 3.63) is 125 Å². The smallest absolute Gasteiger partial charge is 0.125 e. The van der Waals surface area contributed by atoms with Gasteiger partial charge in [-0.15, -0.1) is 0 Å². The number of hydrogen-bond donors (Lipinski definition) is 0. The quantitative estimate of drug-likeness (QED) is 0.291. The van der Waals surface area contributed by atoms with Gasteiger partial charge in [0, 0.05) is 22.4 Å². The van der Waals surface area contributed by atoms with Crippen molar-refractivity contribution in [2.45, 2.75) is 11.5 Å². The first-order chi connectivity index (χ1) is 15.3. The molecular weight excluding hydrogens is 400 g/mol. The Morgan fingerprint density at radius 3 is 2.42 bits per heavy atom. The molecule has 3 unspecified atom stereocenters. The maximum absolute atomic E-state index is 7.16. The largest absolute Gasteiger partial charge is 0.485 e. The fourth-order valence-corrected chi connectivity index (χ4v) is 6.40. The molecule has 1 nitrogen and oxygen atoms in total. The van der Waals surface area contributed by atoms with Crippen molar-refractivity contribution in [3.8, 4) is 16.9 Å². The van der Waals surface area contributed by atoms with Gasteiger partial charge in [-0.05, 0) is 40.3 Å². The van der Waals surface area contributed by atoms with E-state index >= 15 is 0 Å². The molecule has 2 heteroatoms. The number of allylic oxidation sites excluding steroid dienone is 2. The van der Waals surface area contributed by atoms with Gasteiger partial charge in [-0.3, -0.25) is 0 Å². The predicted octanol–water partition coefficient (Wildman–Crippen LogP) is 7.31. The summed E-state index contributed by atoms with van der Waals surface area (Å²) in [6.07, 6.45) is 8.73. The van der Waals surface area contributed by atoms with Crippen molar-refractivity contribution in [1.29, 1.82) is 0 Å². The van der Waals surface area contributed by atoms with Crippen LogP contribution in [0.15, 0.2) is 103 Å². The Hall–Kier alpha value is -3.29. The molecule has 2 aliphatic carbocycles. The second-order valence-corrected chi connectivity index (χ2v) is 8.94. The van der Waals surface area contributed by atoms with Gasteiger partial charge in [-0.1, -0.05) is 96.6 Å². The highest BCUT2D eigenvalue weighted by Crippen LogP contribution is 2.63. The lowest BCUT2D eigenvalue weighted by molar-refractivity contribution is 0.141. The lowest BCUT2D eigenvalue weighted by Gasteiger charge is -2.47. The van der Waals surface area contributed by atoms with Gasteiger partial charge >= 0.3 is 0 Å². The summed E-state index contributed by atoms with van der Waals surface area (Å²) in [7, 11) is 0. The zero-order valence-corrected chi connectivity index (χ0v) is 17.5. The summed E-state index contributed by atoms with van der Waals surface area (Å²) in [5.41, 5.74) is 5.85. The van der Waals surface area contributed by atoms with Crippen molar-refractivity contribution in [3.63, 3.8) is 0 Å². The van der Waals surface area contributed by atoms with Crippen molar-refractivity contribution in [1.82, 2.24) is 0 Å². The van der Waals surface area contributed by atoms with Gasteiger partial charge < -0.3 is 4.74 Å². The normalized spacial score (nSPS) is 24.4. The Balaban J connectivity index is 1.71. The number of rotatable bonds is 0. The number of para-hydroxylation sites is 1. The van der Waals surface area contributed by atoms with E-state index in [0.29, 0.717) is 0 Å². The average Bonchev–Trinajstić information content (AvgIpc) is 3.11. The third kappa shape index (κ3) is 2.07. The highest BCUT2D eigenvalue weighted by atomic mass is 35.5. The molecule has 0 saturated heterocycles. The standard InChI is InChI=1S/C29H19ClO/c30-28-19-10-2-1-9-18(19)17-24-27(28)20-11-3-4-12-21(20)29(24)22-13-5-7-15-25(22)31-26-16-8-6-14-23(26)29/h1-17,22,25H. The van der Waals surface area contributed by atoms with Crippen molar-refractivity contribution < 1.29 is 4.74 Å². The second-order valence-electron chi connectivity index (χ2n) is 8.56. The van der Waals surface area contributed by atoms with Crippen LogP contribution in [0.1, 0.15) is 16.7 Å². The van der Waals surface area contributed by atoms with Crippen LogP contribution in [-0.2, 0) is 5.41 Å².